The average molecular weight is 307 g/mol. The third-order valence-corrected chi connectivity index (χ3v) is 2.83. The lowest BCUT2D eigenvalue weighted by atomic mass is 10.2. The Labute approximate surface area is 124 Å². The Morgan fingerprint density at radius 1 is 1.27 bits per heavy atom. The van der Waals surface area contributed by atoms with Gasteiger partial charge in [0, 0.05) is 6.54 Å². The van der Waals surface area contributed by atoms with Crippen LogP contribution in [0.5, 0.6) is 0 Å². The zero-order valence-electron chi connectivity index (χ0n) is 11.6. The van der Waals surface area contributed by atoms with Crippen LogP contribution in [-0.2, 0) is 22.6 Å². The molecule has 0 aliphatic heterocycles. The molecule has 0 fully saturated rings. The summed E-state index contributed by atoms with van der Waals surface area (Å²) in [6.45, 7) is 0.360. The molecule has 0 saturated carbocycles. The van der Waals surface area contributed by atoms with Crippen LogP contribution in [0.15, 0.2) is 24.3 Å². The molecule has 22 heavy (non-hydrogen) atoms. The monoisotopic (exact) mass is 307 g/mol. The first kappa shape index (κ1) is 15.5. The number of carboxylic acid groups (broad SMARTS) is 1. The third kappa shape index (κ3) is 4.62. The van der Waals surface area contributed by atoms with Crippen molar-refractivity contribution >= 4 is 11.9 Å². The van der Waals surface area contributed by atoms with E-state index in [1.165, 1.54) is 16.8 Å². The van der Waals surface area contributed by atoms with Crippen molar-refractivity contribution in [2.24, 2.45) is 0 Å². The number of rotatable bonds is 7. The van der Waals surface area contributed by atoms with Crippen molar-refractivity contribution in [3.05, 3.63) is 41.5 Å². The van der Waals surface area contributed by atoms with Crippen molar-refractivity contribution in [3.63, 3.8) is 0 Å². The molecule has 1 heterocycles. The highest BCUT2D eigenvalue weighted by atomic mass is 19.1. The largest absolute Gasteiger partial charge is 0.481 e. The van der Waals surface area contributed by atoms with Gasteiger partial charge in [0.15, 0.2) is 5.82 Å². The van der Waals surface area contributed by atoms with Crippen LogP contribution in [0.1, 0.15) is 17.8 Å². The maximum absolute atomic E-state index is 12.9. The van der Waals surface area contributed by atoms with Gasteiger partial charge in [0.2, 0.25) is 5.91 Å². The Balaban J connectivity index is 1.93. The molecule has 0 aliphatic carbocycles. The number of hydrogen-bond acceptors (Lipinski definition) is 5. The number of tetrazole rings is 1. The molecule has 0 atom stereocenters. The van der Waals surface area contributed by atoms with E-state index >= 15 is 0 Å². The van der Waals surface area contributed by atoms with Gasteiger partial charge >= 0.3 is 5.97 Å². The van der Waals surface area contributed by atoms with Gasteiger partial charge in [0.25, 0.3) is 0 Å². The number of carboxylic acids is 1. The molecule has 2 aromatic rings. The van der Waals surface area contributed by atoms with Crippen molar-refractivity contribution in [1.82, 2.24) is 25.5 Å². The number of carbonyl (C=O) groups is 2. The number of amides is 1. The van der Waals surface area contributed by atoms with E-state index in [0.717, 1.165) is 5.56 Å². The number of nitrogens with one attached hydrogen (secondary N) is 1. The summed E-state index contributed by atoms with van der Waals surface area (Å²) in [4.78, 5) is 22.0. The molecule has 0 spiro atoms. The topological polar surface area (TPSA) is 110 Å². The molecule has 8 nitrogen and oxygen atoms in total. The van der Waals surface area contributed by atoms with Crippen LogP contribution >= 0.6 is 0 Å². The number of hydrogen-bond donors (Lipinski definition) is 2. The van der Waals surface area contributed by atoms with Crippen molar-refractivity contribution in [3.8, 4) is 0 Å². The maximum Gasteiger partial charge on any atom is 0.305 e. The summed E-state index contributed by atoms with van der Waals surface area (Å²) in [5.41, 5.74) is 0.793. The van der Waals surface area contributed by atoms with Gasteiger partial charge in [-0.25, -0.2) is 9.07 Å². The molecular weight excluding hydrogens is 293 g/mol. The quantitative estimate of drug-likeness (QED) is 0.744. The van der Waals surface area contributed by atoms with E-state index in [9.17, 15) is 14.0 Å². The molecule has 9 heteroatoms. The average Bonchev–Trinajstić information content (AvgIpc) is 2.88. The van der Waals surface area contributed by atoms with Crippen molar-refractivity contribution in [1.29, 1.82) is 0 Å². The predicted octanol–water partition coefficient (Wildman–Crippen LogP) is -0.00610. The fraction of sp³-hybridized carbons (Fsp3) is 0.308. The lowest BCUT2D eigenvalue weighted by Crippen LogP contribution is -2.28. The van der Waals surface area contributed by atoms with Gasteiger partial charge < -0.3 is 10.4 Å². The van der Waals surface area contributed by atoms with E-state index in [2.05, 4.69) is 20.8 Å². The second-order valence-corrected chi connectivity index (χ2v) is 4.55. The van der Waals surface area contributed by atoms with E-state index in [-0.39, 0.29) is 31.1 Å². The minimum Gasteiger partial charge on any atom is -0.481 e. The minimum absolute atomic E-state index is 0.0493. The molecule has 2 N–H and O–H groups in total. The highest BCUT2D eigenvalue weighted by molar-refractivity contribution is 5.78. The molecule has 2 rings (SSSR count). The first-order chi connectivity index (χ1) is 10.5. The second kappa shape index (κ2) is 7.25. The summed E-state index contributed by atoms with van der Waals surface area (Å²) in [6.07, 6.45) is -0.208. The number of aliphatic carboxylic acids is 1. The van der Waals surface area contributed by atoms with Gasteiger partial charge in [0.1, 0.15) is 5.82 Å². The second-order valence-electron chi connectivity index (χ2n) is 4.55. The zero-order valence-corrected chi connectivity index (χ0v) is 11.6. The normalized spacial score (nSPS) is 10.4. The first-order valence-electron chi connectivity index (χ1n) is 6.52. The third-order valence-electron chi connectivity index (χ3n) is 2.83. The molecular formula is C13H14FN5O3. The van der Waals surface area contributed by atoms with Gasteiger partial charge in [0.05, 0.1) is 19.4 Å². The Morgan fingerprint density at radius 2 is 2.00 bits per heavy atom. The summed E-state index contributed by atoms with van der Waals surface area (Å²) in [5, 5.41) is 22.0. The maximum atomic E-state index is 12.9. The van der Waals surface area contributed by atoms with Crippen LogP contribution in [0.3, 0.4) is 0 Å². The van der Waals surface area contributed by atoms with E-state index < -0.39 is 5.97 Å². The van der Waals surface area contributed by atoms with Crippen molar-refractivity contribution in [2.45, 2.75) is 19.4 Å². The predicted molar refractivity (Wildman–Crippen MR) is 72.3 cm³/mol. The molecule has 1 aromatic heterocycles. The molecule has 0 unspecified atom stereocenters. The molecule has 0 bridgehead atoms. The van der Waals surface area contributed by atoms with E-state index in [4.69, 9.17) is 5.11 Å². The first-order valence-corrected chi connectivity index (χ1v) is 6.52. The van der Waals surface area contributed by atoms with Gasteiger partial charge in [-0.1, -0.05) is 12.1 Å². The van der Waals surface area contributed by atoms with Gasteiger partial charge in [-0.05, 0) is 28.1 Å². The van der Waals surface area contributed by atoms with Gasteiger partial charge in [-0.2, -0.15) is 0 Å². The van der Waals surface area contributed by atoms with Crippen molar-refractivity contribution in [2.75, 3.05) is 6.54 Å². The number of aromatic nitrogens is 4. The van der Waals surface area contributed by atoms with Crippen molar-refractivity contribution < 1.29 is 19.1 Å². The molecule has 0 radical (unpaired) electrons. The lowest BCUT2D eigenvalue weighted by Gasteiger charge is -2.05. The van der Waals surface area contributed by atoms with Crippen LogP contribution in [0.4, 0.5) is 4.39 Å². The van der Waals surface area contributed by atoms with Crippen LogP contribution in [0, 0.1) is 5.82 Å². The fourth-order valence-electron chi connectivity index (χ4n) is 1.75. The zero-order chi connectivity index (χ0) is 15.9. The Morgan fingerprint density at radius 3 is 2.68 bits per heavy atom. The number of halogens is 1. The Bertz CT molecular complexity index is 656. The van der Waals surface area contributed by atoms with Crippen LogP contribution in [-0.4, -0.2) is 43.7 Å². The molecule has 116 valence electrons. The Hall–Kier alpha value is -2.84. The molecule has 0 aliphatic rings. The number of benzene rings is 1. The smallest absolute Gasteiger partial charge is 0.305 e. The highest BCUT2D eigenvalue weighted by Gasteiger charge is 2.12. The van der Waals surface area contributed by atoms with E-state index in [1.54, 1.807) is 12.1 Å². The SMILES string of the molecule is O=C(O)CCNC(=O)Cc1nnnn1Cc1ccc(F)cc1. The molecule has 1 aromatic carbocycles. The number of nitrogens with zero attached hydrogens (tertiary/aromatic N) is 4. The van der Waals surface area contributed by atoms with E-state index in [1.807, 2.05) is 0 Å². The number of carbonyl (C=O) groups excluding carboxylic acids is 1. The summed E-state index contributed by atoms with van der Waals surface area (Å²) in [7, 11) is 0. The lowest BCUT2D eigenvalue weighted by molar-refractivity contribution is -0.136. The van der Waals surface area contributed by atoms with Crippen LogP contribution < -0.4 is 5.32 Å². The van der Waals surface area contributed by atoms with Gasteiger partial charge in [-0.3, -0.25) is 9.59 Å². The highest BCUT2D eigenvalue weighted by Crippen LogP contribution is 2.05. The van der Waals surface area contributed by atoms with Gasteiger partial charge in [-0.15, -0.1) is 5.10 Å². The summed E-state index contributed by atoms with van der Waals surface area (Å²) >= 11 is 0. The van der Waals surface area contributed by atoms with Crippen LogP contribution in [0.25, 0.3) is 0 Å². The molecule has 0 saturated heterocycles. The minimum atomic E-state index is -0.985. The standard InChI is InChI=1S/C13H14FN5O3/c14-10-3-1-9(2-4-10)8-19-11(16-17-18-19)7-12(20)15-6-5-13(21)22/h1-4H,5-8H2,(H,15,20)(H,21,22). The summed E-state index contributed by atoms with van der Waals surface area (Å²) < 4.78 is 14.3. The van der Waals surface area contributed by atoms with Crippen LogP contribution in [0.2, 0.25) is 0 Å². The molecule has 1 amide bonds. The van der Waals surface area contributed by atoms with E-state index in [0.29, 0.717) is 12.4 Å². The Kier molecular flexibility index (Phi) is 5.12. The summed E-state index contributed by atoms with van der Waals surface area (Å²) in [5.74, 6) is -1.34. The fourth-order valence-corrected chi connectivity index (χ4v) is 1.75. The summed E-state index contributed by atoms with van der Waals surface area (Å²) in [6, 6.07) is 5.87.